The minimum Gasteiger partial charge on any atom is -0.464 e. The van der Waals surface area contributed by atoms with E-state index in [1.807, 2.05) is 0 Å². The first kappa shape index (κ1) is 8.92. The molecule has 0 aliphatic rings. The largest absolute Gasteiger partial charge is 0.464 e. The van der Waals surface area contributed by atoms with E-state index in [0.717, 1.165) is 0 Å². The highest BCUT2D eigenvalue weighted by atomic mass is 79.9. The van der Waals surface area contributed by atoms with Crippen LogP contribution in [0.15, 0.2) is 10.8 Å². The van der Waals surface area contributed by atoms with Crippen molar-refractivity contribution >= 4 is 27.7 Å². The summed E-state index contributed by atoms with van der Waals surface area (Å²) in [5.41, 5.74) is 5.54. The Kier molecular flexibility index (Phi) is 2.59. The summed E-state index contributed by atoms with van der Waals surface area (Å²) in [7, 11) is 1.27. The van der Waals surface area contributed by atoms with Crippen LogP contribution in [0.2, 0.25) is 0 Å². The number of hydrogen-bond donors (Lipinski definition) is 1. The maximum absolute atomic E-state index is 11.0. The average molecular weight is 232 g/mol. The minimum atomic E-state index is -0.545. The summed E-state index contributed by atoms with van der Waals surface area (Å²) in [6.07, 6.45) is 1.20. The number of esters is 1. The summed E-state index contributed by atoms with van der Waals surface area (Å²) in [6.45, 7) is 0. The van der Waals surface area contributed by atoms with E-state index in [-0.39, 0.29) is 11.5 Å². The number of nitrogens with two attached hydrogens (primary N) is 1. The molecule has 0 amide bonds. The number of carbonyl (C=O) groups is 1. The zero-order valence-corrected chi connectivity index (χ0v) is 7.83. The minimum absolute atomic E-state index is 0.130. The van der Waals surface area contributed by atoms with Gasteiger partial charge in [-0.05, 0) is 15.9 Å². The average Bonchev–Trinajstić information content (AvgIpc) is 2.08. The SMILES string of the molecule is COC(=O)c1ncnc(N)c1Br. The molecule has 0 bridgehead atoms. The van der Waals surface area contributed by atoms with Crippen molar-refractivity contribution in [2.45, 2.75) is 0 Å². The number of halogens is 1. The Balaban J connectivity index is 3.16. The van der Waals surface area contributed by atoms with Crippen molar-refractivity contribution in [1.29, 1.82) is 0 Å². The lowest BCUT2D eigenvalue weighted by molar-refractivity contribution is 0.0592. The summed E-state index contributed by atoms with van der Waals surface area (Å²) in [5, 5.41) is 0. The molecule has 0 saturated heterocycles. The number of methoxy groups -OCH3 is 1. The van der Waals surface area contributed by atoms with Gasteiger partial charge in [0.15, 0.2) is 5.69 Å². The van der Waals surface area contributed by atoms with E-state index in [9.17, 15) is 4.79 Å². The summed E-state index contributed by atoms with van der Waals surface area (Å²) >= 11 is 3.07. The fraction of sp³-hybridized carbons (Fsp3) is 0.167. The Morgan fingerprint density at radius 2 is 2.33 bits per heavy atom. The molecule has 1 rings (SSSR count). The molecule has 1 aromatic rings. The third-order valence-electron chi connectivity index (χ3n) is 1.20. The van der Waals surface area contributed by atoms with Crippen LogP contribution < -0.4 is 5.73 Å². The van der Waals surface area contributed by atoms with E-state index in [1.165, 1.54) is 13.4 Å². The van der Waals surface area contributed by atoms with Crippen LogP contribution in [0.4, 0.5) is 5.82 Å². The van der Waals surface area contributed by atoms with Crippen LogP contribution in [0, 0.1) is 0 Å². The molecule has 0 saturated carbocycles. The van der Waals surface area contributed by atoms with Crippen molar-refractivity contribution in [1.82, 2.24) is 9.97 Å². The Hall–Kier alpha value is -1.17. The zero-order chi connectivity index (χ0) is 9.14. The molecular formula is C6H6BrN3O2. The van der Waals surface area contributed by atoms with Gasteiger partial charge in [-0.1, -0.05) is 0 Å². The number of rotatable bonds is 1. The highest BCUT2D eigenvalue weighted by Crippen LogP contribution is 2.19. The number of ether oxygens (including phenoxy) is 1. The van der Waals surface area contributed by atoms with Crippen LogP contribution >= 0.6 is 15.9 Å². The number of nitrogens with zero attached hydrogens (tertiary/aromatic N) is 2. The summed E-state index contributed by atoms with van der Waals surface area (Å²) in [6, 6.07) is 0. The van der Waals surface area contributed by atoms with Crippen molar-refractivity contribution in [3.8, 4) is 0 Å². The summed E-state index contributed by atoms with van der Waals surface area (Å²) in [4.78, 5) is 18.4. The lowest BCUT2D eigenvalue weighted by Crippen LogP contribution is -2.07. The molecule has 1 aromatic heterocycles. The van der Waals surface area contributed by atoms with Crippen molar-refractivity contribution in [2.75, 3.05) is 12.8 Å². The number of hydrogen-bond acceptors (Lipinski definition) is 5. The molecule has 5 nitrogen and oxygen atoms in total. The Morgan fingerprint density at radius 1 is 1.67 bits per heavy atom. The molecule has 0 atom stereocenters. The second kappa shape index (κ2) is 3.48. The van der Waals surface area contributed by atoms with Gasteiger partial charge in [-0.2, -0.15) is 0 Å². The third-order valence-corrected chi connectivity index (χ3v) is 1.98. The van der Waals surface area contributed by atoms with E-state index in [4.69, 9.17) is 5.73 Å². The van der Waals surface area contributed by atoms with Gasteiger partial charge in [0.2, 0.25) is 0 Å². The Labute approximate surface area is 77.1 Å². The fourth-order valence-electron chi connectivity index (χ4n) is 0.622. The Morgan fingerprint density at radius 3 is 2.92 bits per heavy atom. The predicted octanol–water partition coefficient (Wildman–Crippen LogP) is 0.608. The van der Waals surface area contributed by atoms with Crippen molar-refractivity contribution in [3.05, 3.63) is 16.5 Å². The zero-order valence-electron chi connectivity index (χ0n) is 6.24. The highest BCUT2D eigenvalue weighted by molar-refractivity contribution is 9.10. The summed E-state index contributed by atoms with van der Waals surface area (Å²) in [5.74, 6) is -0.332. The van der Waals surface area contributed by atoms with Crippen LogP contribution in [0.5, 0.6) is 0 Å². The molecule has 0 fully saturated rings. The van der Waals surface area contributed by atoms with Crippen LogP contribution in [0.1, 0.15) is 10.5 Å². The standard InChI is InChI=1S/C6H6BrN3O2/c1-12-6(11)4-3(7)5(8)10-2-9-4/h2H,1H3,(H2,8,9,10). The smallest absolute Gasteiger partial charge is 0.358 e. The lowest BCUT2D eigenvalue weighted by atomic mass is 10.4. The predicted molar refractivity (Wildman–Crippen MR) is 45.5 cm³/mol. The molecule has 6 heteroatoms. The van der Waals surface area contributed by atoms with Gasteiger partial charge in [0.1, 0.15) is 12.1 Å². The Bertz CT molecular complexity index is 316. The molecule has 0 aromatic carbocycles. The van der Waals surface area contributed by atoms with Gasteiger partial charge in [0.05, 0.1) is 11.6 Å². The van der Waals surface area contributed by atoms with Gasteiger partial charge in [0.25, 0.3) is 0 Å². The number of nitrogen functional groups attached to an aromatic ring is 1. The van der Waals surface area contributed by atoms with Gasteiger partial charge in [-0.15, -0.1) is 0 Å². The van der Waals surface area contributed by atoms with Gasteiger partial charge in [-0.3, -0.25) is 0 Å². The van der Waals surface area contributed by atoms with E-state index >= 15 is 0 Å². The first-order valence-electron chi connectivity index (χ1n) is 3.01. The molecule has 0 aliphatic carbocycles. The normalized spacial score (nSPS) is 9.50. The quantitative estimate of drug-likeness (QED) is 0.717. The number of carbonyl (C=O) groups excluding carboxylic acids is 1. The number of anilines is 1. The van der Waals surface area contributed by atoms with Crippen LogP contribution in [-0.2, 0) is 4.74 Å². The van der Waals surface area contributed by atoms with Crippen LogP contribution in [0.3, 0.4) is 0 Å². The maximum atomic E-state index is 11.0. The highest BCUT2D eigenvalue weighted by Gasteiger charge is 2.13. The molecule has 1 heterocycles. The fourth-order valence-corrected chi connectivity index (χ4v) is 0.989. The van der Waals surface area contributed by atoms with Crippen molar-refractivity contribution in [3.63, 3.8) is 0 Å². The second-order valence-electron chi connectivity index (χ2n) is 1.91. The molecule has 0 spiro atoms. The molecule has 2 N–H and O–H groups in total. The monoisotopic (exact) mass is 231 g/mol. The number of aromatic nitrogens is 2. The van der Waals surface area contributed by atoms with Crippen LogP contribution in [0.25, 0.3) is 0 Å². The van der Waals surface area contributed by atoms with Gasteiger partial charge in [-0.25, -0.2) is 14.8 Å². The topological polar surface area (TPSA) is 78.1 Å². The molecule has 0 radical (unpaired) electrons. The van der Waals surface area contributed by atoms with E-state index < -0.39 is 5.97 Å². The molecule has 0 aliphatic heterocycles. The molecule has 0 unspecified atom stereocenters. The van der Waals surface area contributed by atoms with Crippen molar-refractivity contribution < 1.29 is 9.53 Å². The van der Waals surface area contributed by atoms with E-state index in [2.05, 4.69) is 30.6 Å². The van der Waals surface area contributed by atoms with Crippen LogP contribution in [-0.4, -0.2) is 23.0 Å². The second-order valence-corrected chi connectivity index (χ2v) is 2.71. The molecular weight excluding hydrogens is 226 g/mol. The molecule has 12 heavy (non-hydrogen) atoms. The van der Waals surface area contributed by atoms with Crippen molar-refractivity contribution in [2.24, 2.45) is 0 Å². The lowest BCUT2D eigenvalue weighted by Gasteiger charge is -2.01. The van der Waals surface area contributed by atoms with E-state index in [0.29, 0.717) is 4.47 Å². The first-order valence-corrected chi connectivity index (χ1v) is 3.80. The third kappa shape index (κ3) is 1.53. The maximum Gasteiger partial charge on any atom is 0.358 e. The van der Waals surface area contributed by atoms with Gasteiger partial charge >= 0.3 is 5.97 Å². The van der Waals surface area contributed by atoms with Gasteiger partial charge in [0, 0.05) is 0 Å². The first-order chi connectivity index (χ1) is 5.66. The van der Waals surface area contributed by atoms with E-state index in [1.54, 1.807) is 0 Å². The molecule has 64 valence electrons. The summed E-state index contributed by atoms with van der Waals surface area (Å²) < 4.78 is 4.82. The van der Waals surface area contributed by atoms with Gasteiger partial charge < -0.3 is 10.5 Å².